The van der Waals surface area contributed by atoms with Gasteiger partial charge in [0.15, 0.2) is 5.96 Å². The van der Waals surface area contributed by atoms with Gasteiger partial charge in [-0.15, -0.1) is 24.0 Å². The number of hydrogen-bond acceptors (Lipinski definition) is 3. The summed E-state index contributed by atoms with van der Waals surface area (Å²) in [7, 11) is 1.90. The number of nitrogens with one attached hydrogen (secondary N) is 1. The van der Waals surface area contributed by atoms with E-state index in [1.165, 1.54) is 38.9 Å². The van der Waals surface area contributed by atoms with Gasteiger partial charge < -0.3 is 15.1 Å². The second-order valence-electron chi connectivity index (χ2n) is 6.97. The van der Waals surface area contributed by atoms with Crippen LogP contribution < -0.4 is 5.32 Å². The maximum atomic E-state index is 4.48. The van der Waals surface area contributed by atoms with Gasteiger partial charge in [0.25, 0.3) is 0 Å². The van der Waals surface area contributed by atoms with Crippen LogP contribution >= 0.6 is 35.7 Å². The zero-order valence-corrected chi connectivity index (χ0v) is 17.7. The number of hydrogen-bond donors (Lipinski definition) is 1. The number of halogens is 1. The Kier molecular flexibility index (Phi) is 8.85. The van der Waals surface area contributed by atoms with Crippen molar-refractivity contribution in [2.24, 2.45) is 10.9 Å². The van der Waals surface area contributed by atoms with E-state index in [4.69, 9.17) is 0 Å². The zero-order valence-electron chi connectivity index (χ0n) is 14.6. The zero-order chi connectivity index (χ0) is 15.3. The molecule has 0 amide bonds. The van der Waals surface area contributed by atoms with Crippen molar-refractivity contribution in [2.75, 3.05) is 52.6 Å². The largest absolute Gasteiger partial charge is 0.355 e. The van der Waals surface area contributed by atoms with Gasteiger partial charge in [-0.05, 0) is 58.4 Å². The Labute approximate surface area is 157 Å². The normalized spacial score (nSPS) is 23.7. The molecular weight excluding hydrogens is 407 g/mol. The van der Waals surface area contributed by atoms with E-state index in [-0.39, 0.29) is 28.7 Å². The van der Waals surface area contributed by atoms with Gasteiger partial charge in [-0.25, -0.2) is 0 Å². The Balaban J connectivity index is 0.00000242. The number of rotatable bonds is 5. The topological polar surface area (TPSA) is 30.9 Å². The third-order valence-electron chi connectivity index (χ3n) is 4.74. The summed E-state index contributed by atoms with van der Waals surface area (Å²) < 4.78 is 0.255. The summed E-state index contributed by atoms with van der Waals surface area (Å²) in [6, 6.07) is 0. The highest BCUT2D eigenvalue weighted by Crippen LogP contribution is 2.22. The molecule has 0 aliphatic carbocycles. The molecule has 0 aromatic carbocycles. The molecule has 4 nitrogen and oxygen atoms in total. The molecule has 0 spiro atoms. The number of nitrogens with zero attached hydrogens (tertiary/aromatic N) is 3. The minimum absolute atomic E-state index is 0. The molecule has 2 rings (SSSR count). The lowest BCUT2D eigenvalue weighted by atomic mass is 10.1. The maximum absolute atomic E-state index is 4.48. The van der Waals surface area contributed by atoms with Crippen LogP contribution in [0.5, 0.6) is 0 Å². The van der Waals surface area contributed by atoms with Gasteiger partial charge >= 0.3 is 0 Å². The van der Waals surface area contributed by atoms with Crippen LogP contribution in [-0.4, -0.2) is 73.1 Å². The molecule has 0 aromatic heterocycles. The number of likely N-dealkylation sites (tertiary alicyclic amines) is 2. The van der Waals surface area contributed by atoms with Crippen LogP contribution in [0, 0.1) is 5.92 Å². The molecule has 0 radical (unpaired) electrons. The Morgan fingerprint density at radius 1 is 1.27 bits per heavy atom. The highest BCUT2D eigenvalue weighted by Gasteiger charge is 2.28. The first-order valence-electron chi connectivity index (χ1n) is 8.27. The molecule has 1 N–H and O–H groups in total. The van der Waals surface area contributed by atoms with E-state index >= 15 is 0 Å². The van der Waals surface area contributed by atoms with Gasteiger partial charge in [0.2, 0.25) is 0 Å². The van der Waals surface area contributed by atoms with Gasteiger partial charge in [-0.3, -0.25) is 4.99 Å². The van der Waals surface area contributed by atoms with Crippen molar-refractivity contribution < 1.29 is 0 Å². The number of thioether (sulfide) groups is 1. The van der Waals surface area contributed by atoms with Crippen LogP contribution in [-0.2, 0) is 0 Å². The smallest absolute Gasteiger partial charge is 0.193 e. The summed E-state index contributed by atoms with van der Waals surface area (Å²) in [6.07, 6.45) is 6.27. The summed E-state index contributed by atoms with van der Waals surface area (Å²) in [5, 5.41) is 3.56. The van der Waals surface area contributed by atoms with Gasteiger partial charge in [0, 0.05) is 38.0 Å². The molecule has 2 aliphatic heterocycles. The Hall–Kier alpha value is 0.310. The van der Waals surface area contributed by atoms with Gasteiger partial charge in [-0.2, -0.15) is 11.8 Å². The Morgan fingerprint density at radius 2 is 1.95 bits per heavy atom. The Morgan fingerprint density at radius 3 is 2.55 bits per heavy atom. The highest BCUT2D eigenvalue weighted by atomic mass is 127. The van der Waals surface area contributed by atoms with E-state index in [0.29, 0.717) is 0 Å². The lowest BCUT2D eigenvalue weighted by Gasteiger charge is -2.27. The fourth-order valence-electron chi connectivity index (χ4n) is 3.20. The summed E-state index contributed by atoms with van der Waals surface area (Å²) in [5.74, 6) is 1.90. The second kappa shape index (κ2) is 9.57. The molecule has 2 aliphatic rings. The van der Waals surface area contributed by atoms with E-state index in [9.17, 15) is 0 Å². The average molecular weight is 440 g/mol. The van der Waals surface area contributed by atoms with E-state index < -0.39 is 0 Å². The van der Waals surface area contributed by atoms with Crippen molar-refractivity contribution >= 4 is 41.7 Å². The summed E-state index contributed by atoms with van der Waals surface area (Å²) in [5.41, 5.74) is 0. The van der Waals surface area contributed by atoms with Gasteiger partial charge in [0.05, 0.1) is 0 Å². The van der Waals surface area contributed by atoms with Crippen molar-refractivity contribution in [1.29, 1.82) is 0 Å². The predicted octanol–water partition coefficient (Wildman–Crippen LogP) is 2.74. The molecule has 2 fully saturated rings. The lowest BCUT2D eigenvalue weighted by Crippen LogP contribution is -2.45. The maximum Gasteiger partial charge on any atom is 0.193 e. The molecule has 0 aromatic rings. The van der Waals surface area contributed by atoms with Crippen LogP contribution in [0.15, 0.2) is 4.99 Å². The fraction of sp³-hybridized carbons (Fsp3) is 0.938. The molecule has 2 saturated heterocycles. The second-order valence-corrected chi connectivity index (χ2v) is 8.49. The van der Waals surface area contributed by atoms with E-state index in [0.717, 1.165) is 31.5 Å². The minimum Gasteiger partial charge on any atom is -0.355 e. The fourth-order valence-corrected chi connectivity index (χ4v) is 3.42. The third-order valence-corrected chi connectivity index (χ3v) is 5.99. The predicted molar refractivity (Wildman–Crippen MR) is 110 cm³/mol. The van der Waals surface area contributed by atoms with E-state index in [1.54, 1.807) is 0 Å². The summed E-state index contributed by atoms with van der Waals surface area (Å²) in [4.78, 5) is 9.56. The first kappa shape index (κ1) is 20.4. The van der Waals surface area contributed by atoms with Crippen LogP contribution in [0.25, 0.3) is 0 Å². The quantitative estimate of drug-likeness (QED) is 0.405. The molecule has 6 heteroatoms. The van der Waals surface area contributed by atoms with Crippen LogP contribution in [0.3, 0.4) is 0 Å². The monoisotopic (exact) mass is 440 g/mol. The highest BCUT2D eigenvalue weighted by molar-refractivity contribution is 14.0. The molecule has 1 unspecified atom stereocenters. The van der Waals surface area contributed by atoms with Crippen molar-refractivity contribution in [1.82, 2.24) is 15.1 Å². The van der Waals surface area contributed by atoms with E-state index in [1.807, 2.05) is 18.8 Å². The standard InChI is InChI=1S/C16H32N4S.HI/c1-16(2,21-4)13-18-15(17-3)20-10-7-14(12-20)11-19-8-5-6-9-19;/h14H,5-13H2,1-4H3,(H,17,18);1H. The van der Waals surface area contributed by atoms with Crippen LogP contribution in [0.1, 0.15) is 33.1 Å². The summed E-state index contributed by atoms with van der Waals surface area (Å²) in [6.45, 7) is 11.7. The van der Waals surface area contributed by atoms with Crippen molar-refractivity contribution in [3.8, 4) is 0 Å². The number of guanidine groups is 1. The number of aliphatic imine (C=N–C) groups is 1. The van der Waals surface area contributed by atoms with Gasteiger partial charge in [-0.1, -0.05) is 0 Å². The molecule has 0 bridgehead atoms. The van der Waals surface area contributed by atoms with Crippen molar-refractivity contribution in [2.45, 2.75) is 37.9 Å². The molecule has 22 heavy (non-hydrogen) atoms. The molecule has 2 heterocycles. The molecule has 0 saturated carbocycles. The van der Waals surface area contributed by atoms with Crippen LogP contribution in [0.2, 0.25) is 0 Å². The molecular formula is C16H33IN4S. The molecule has 130 valence electrons. The molecule has 1 atom stereocenters. The van der Waals surface area contributed by atoms with Gasteiger partial charge in [0.1, 0.15) is 0 Å². The average Bonchev–Trinajstić information content (AvgIpc) is 3.12. The van der Waals surface area contributed by atoms with Crippen molar-refractivity contribution in [3.05, 3.63) is 0 Å². The Bertz CT molecular complexity index is 356. The third kappa shape index (κ3) is 6.07. The van der Waals surface area contributed by atoms with E-state index in [2.05, 4.69) is 40.2 Å². The SMILES string of the molecule is CN=C(NCC(C)(C)SC)N1CCC(CN2CCCC2)C1.I. The summed E-state index contributed by atoms with van der Waals surface area (Å²) >= 11 is 1.90. The minimum atomic E-state index is 0. The van der Waals surface area contributed by atoms with Crippen molar-refractivity contribution in [3.63, 3.8) is 0 Å². The van der Waals surface area contributed by atoms with Crippen LogP contribution in [0.4, 0.5) is 0 Å². The first-order chi connectivity index (χ1) is 10.0. The lowest BCUT2D eigenvalue weighted by molar-refractivity contribution is 0.281. The first-order valence-corrected chi connectivity index (χ1v) is 9.49.